The highest BCUT2D eigenvalue weighted by molar-refractivity contribution is 6.05. The molecule has 0 saturated carbocycles. The van der Waals surface area contributed by atoms with Gasteiger partial charge in [0.2, 0.25) is 0 Å². The van der Waals surface area contributed by atoms with E-state index in [9.17, 15) is 18.0 Å². The smallest absolute Gasteiger partial charge is 0.418 e. The molecular formula is C22H18F3NO3. The standard InChI is InChI=1S/C22H18F3NO3/c1-28-19-12-11-16(13-20(19)29-14-15-7-3-2-4-8-15)21(27)26-18-10-6-5-9-17(18)22(23,24)25/h2-13H,14H2,1H3,(H,26,27). The van der Waals surface area contributed by atoms with Gasteiger partial charge in [-0.15, -0.1) is 0 Å². The summed E-state index contributed by atoms with van der Waals surface area (Å²) in [4.78, 5) is 12.5. The highest BCUT2D eigenvalue weighted by atomic mass is 19.4. The number of benzene rings is 3. The number of nitrogens with one attached hydrogen (secondary N) is 1. The van der Waals surface area contributed by atoms with Gasteiger partial charge in [0.15, 0.2) is 11.5 Å². The molecule has 7 heteroatoms. The lowest BCUT2D eigenvalue weighted by Crippen LogP contribution is -2.16. The lowest BCUT2D eigenvalue weighted by molar-refractivity contribution is -0.136. The molecule has 3 rings (SSSR count). The minimum absolute atomic E-state index is 0.144. The predicted molar refractivity (Wildman–Crippen MR) is 103 cm³/mol. The molecule has 0 fully saturated rings. The Morgan fingerprint density at radius 3 is 2.31 bits per heavy atom. The summed E-state index contributed by atoms with van der Waals surface area (Å²) in [6, 6.07) is 18.6. The van der Waals surface area contributed by atoms with E-state index in [2.05, 4.69) is 5.32 Å². The van der Waals surface area contributed by atoms with Crippen molar-refractivity contribution in [1.29, 1.82) is 0 Å². The molecule has 4 nitrogen and oxygen atoms in total. The Balaban J connectivity index is 1.81. The van der Waals surface area contributed by atoms with Crippen LogP contribution in [0.25, 0.3) is 0 Å². The van der Waals surface area contributed by atoms with Gasteiger partial charge in [-0.05, 0) is 35.9 Å². The molecule has 0 heterocycles. The molecule has 0 unspecified atom stereocenters. The second kappa shape index (κ2) is 8.68. The predicted octanol–water partition coefficient (Wildman–Crippen LogP) is 5.55. The van der Waals surface area contributed by atoms with Crippen molar-refractivity contribution in [3.8, 4) is 11.5 Å². The maximum absolute atomic E-state index is 13.1. The molecule has 1 N–H and O–H groups in total. The number of methoxy groups -OCH3 is 1. The number of hydrogen-bond acceptors (Lipinski definition) is 3. The molecule has 0 atom stereocenters. The van der Waals surface area contributed by atoms with E-state index in [4.69, 9.17) is 9.47 Å². The van der Waals surface area contributed by atoms with Crippen LogP contribution in [0.15, 0.2) is 72.8 Å². The van der Waals surface area contributed by atoms with Crippen molar-refractivity contribution in [3.05, 3.63) is 89.5 Å². The first-order valence-electron chi connectivity index (χ1n) is 8.71. The van der Waals surface area contributed by atoms with Crippen molar-refractivity contribution >= 4 is 11.6 Å². The topological polar surface area (TPSA) is 47.6 Å². The van der Waals surface area contributed by atoms with E-state index in [1.807, 2.05) is 30.3 Å². The van der Waals surface area contributed by atoms with Gasteiger partial charge in [-0.1, -0.05) is 42.5 Å². The molecular weight excluding hydrogens is 383 g/mol. The molecule has 150 valence electrons. The molecule has 0 bridgehead atoms. The van der Waals surface area contributed by atoms with E-state index in [-0.39, 0.29) is 17.9 Å². The maximum atomic E-state index is 13.1. The fourth-order valence-corrected chi connectivity index (χ4v) is 2.70. The zero-order valence-electron chi connectivity index (χ0n) is 15.5. The number of amides is 1. The van der Waals surface area contributed by atoms with Crippen LogP contribution >= 0.6 is 0 Å². The number of halogens is 3. The highest BCUT2D eigenvalue weighted by Gasteiger charge is 2.33. The van der Waals surface area contributed by atoms with Gasteiger partial charge in [0.25, 0.3) is 5.91 Å². The number of anilines is 1. The lowest BCUT2D eigenvalue weighted by atomic mass is 10.1. The van der Waals surface area contributed by atoms with Crippen molar-refractivity contribution < 1.29 is 27.4 Å². The highest BCUT2D eigenvalue weighted by Crippen LogP contribution is 2.35. The van der Waals surface area contributed by atoms with E-state index in [1.165, 1.54) is 43.5 Å². The van der Waals surface area contributed by atoms with E-state index in [1.54, 1.807) is 0 Å². The summed E-state index contributed by atoms with van der Waals surface area (Å²) >= 11 is 0. The second-order valence-electron chi connectivity index (χ2n) is 6.14. The van der Waals surface area contributed by atoms with E-state index in [0.29, 0.717) is 11.5 Å². The van der Waals surface area contributed by atoms with Crippen LogP contribution in [0, 0.1) is 0 Å². The summed E-state index contributed by atoms with van der Waals surface area (Å²) in [5.41, 5.74) is -0.163. The van der Waals surface area contributed by atoms with Gasteiger partial charge in [-0.25, -0.2) is 0 Å². The normalized spacial score (nSPS) is 11.0. The van der Waals surface area contributed by atoms with Gasteiger partial charge in [-0.3, -0.25) is 4.79 Å². The summed E-state index contributed by atoms with van der Waals surface area (Å²) in [5.74, 6) is 0.0372. The van der Waals surface area contributed by atoms with Crippen LogP contribution in [0.1, 0.15) is 21.5 Å². The molecule has 3 aromatic carbocycles. The van der Waals surface area contributed by atoms with Crippen LogP contribution in [0.5, 0.6) is 11.5 Å². The summed E-state index contributed by atoms with van der Waals surface area (Å²) in [7, 11) is 1.46. The third kappa shape index (κ3) is 5.07. The largest absolute Gasteiger partial charge is 0.493 e. The van der Waals surface area contributed by atoms with Crippen molar-refractivity contribution in [1.82, 2.24) is 0 Å². The minimum atomic E-state index is -4.58. The molecule has 29 heavy (non-hydrogen) atoms. The number of carbonyl (C=O) groups excluding carboxylic acids is 1. The van der Waals surface area contributed by atoms with E-state index >= 15 is 0 Å². The summed E-state index contributed by atoms with van der Waals surface area (Å²) in [6.07, 6.45) is -4.58. The molecule has 0 radical (unpaired) electrons. The first-order chi connectivity index (χ1) is 13.9. The second-order valence-corrected chi connectivity index (χ2v) is 6.14. The molecule has 0 spiro atoms. The molecule has 0 aliphatic rings. The monoisotopic (exact) mass is 401 g/mol. The molecule has 3 aromatic rings. The van der Waals surface area contributed by atoms with Crippen molar-refractivity contribution in [3.63, 3.8) is 0 Å². The average Bonchev–Trinajstić information content (AvgIpc) is 2.72. The van der Waals surface area contributed by atoms with Gasteiger partial charge in [0.1, 0.15) is 6.61 Å². The van der Waals surface area contributed by atoms with Crippen molar-refractivity contribution in [2.75, 3.05) is 12.4 Å². The molecule has 0 saturated heterocycles. The number of ether oxygens (including phenoxy) is 2. The average molecular weight is 401 g/mol. The van der Waals surface area contributed by atoms with E-state index < -0.39 is 17.6 Å². The van der Waals surface area contributed by atoms with Crippen LogP contribution in [-0.2, 0) is 12.8 Å². The van der Waals surface area contributed by atoms with Gasteiger partial charge in [0.05, 0.1) is 18.4 Å². The van der Waals surface area contributed by atoms with Crippen molar-refractivity contribution in [2.24, 2.45) is 0 Å². The number of rotatable bonds is 6. The molecule has 0 aliphatic carbocycles. The quantitative estimate of drug-likeness (QED) is 0.590. The Kier molecular flexibility index (Phi) is 6.07. The van der Waals surface area contributed by atoms with Crippen LogP contribution in [-0.4, -0.2) is 13.0 Å². The minimum Gasteiger partial charge on any atom is -0.493 e. The lowest BCUT2D eigenvalue weighted by Gasteiger charge is -2.15. The first kappa shape index (κ1) is 20.3. The van der Waals surface area contributed by atoms with Crippen LogP contribution in [0.2, 0.25) is 0 Å². The summed E-state index contributed by atoms with van der Waals surface area (Å²) < 4.78 is 50.4. The number of hydrogen-bond donors (Lipinski definition) is 1. The first-order valence-corrected chi connectivity index (χ1v) is 8.71. The Morgan fingerprint density at radius 1 is 0.931 bits per heavy atom. The third-order valence-electron chi connectivity index (χ3n) is 4.14. The zero-order valence-corrected chi connectivity index (χ0v) is 15.5. The van der Waals surface area contributed by atoms with Gasteiger partial charge in [0, 0.05) is 5.56 Å². The van der Waals surface area contributed by atoms with Crippen molar-refractivity contribution in [2.45, 2.75) is 12.8 Å². The van der Waals surface area contributed by atoms with Gasteiger partial charge >= 0.3 is 6.18 Å². The summed E-state index contributed by atoms with van der Waals surface area (Å²) in [5, 5.41) is 2.32. The zero-order chi connectivity index (χ0) is 20.9. The Morgan fingerprint density at radius 2 is 1.62 bits per heavy atom. The number of para-hydroxylation sites is 1. The van der Waals surface area contributed by atoms with Gasteiger partial charge < -0.3 is 14.8 Å². The Hall–Kier alpha value is -3.48. The number of carbonyl (C=O) groups is 1. The number of alkyl halides is 3. The van der Waals surface area contributed by atoms with E-state index in [0.717, 1.165) is 11.6 Å². The fraction of sp³-hybridized carbons (Fsp3) is 0.136. The maximum Gasteiger partial charge on any atom is 0.418 e. The van der Waals surface area contributed by atoms with Crippen LogP contribution in [0.3, 0.4) is 0 Å². The molecule has 0 aliphatic heterocycles. The van der Waals surface area contributed by atoms with Crippen LogP contribution in [0.4, 0.5) is 18.9 Å². The van der Waals surface area contributed by atoms with Gasteiger partial charge in [-0.2, -0.15) is 13.2 Å². The van der Waals surface area contributed by atoms with Crippen LogP contribution < -0.4 is 14.8 Å². The Labute approximate surface area is 165 Å². The molecule has 1 amide bonds. The SMILES string of the molecule is COc1ccc(C(=O)Nc2ccccc2C(F)(F)F)cc1OCc1ccccc1. The third-order valence-corrected chi connectivity index (χ3v) is 4.14. The Bertz CT molecular complexity index is 988. The fourth-order valence-electron chi connectivity index (χ4n) is 2.70. The summed E-state index contributed by atoms with van der Waals surface area (Å²) in [6.45, 7) is 0.249. The molecule has 0 aromatic heterocycles.